The molecular formula is C25H32FN5O3. The number of carbonyl (C=O) groups excluding carboxylic acids is 1. The van der Waals surface area contributed by atoms with Crippen molar-refractivity contribution in [2.24, 2.45) is 13.0 Å². The highest BCUT2D eigenvalue weighted by Crippen LogP contribution is 2.45. The summed E-state index contributed by atoms with van der Waals surface area (Å²) in [6.07, 6.45) is 4.81. The molecule has 8 nitrogen and oxygen atoms in total. The Morgan fingerprint density at radius 3 is 2.68 bits per heavy atom. The molecule has 3 atom stereocenters. The Hall–Kier alpha value is -2.94. The van der Waals surface area contributed by atoms with Crippen LogP contribution in [0.2, 0.25) is 0 Å². The summed E-state index contributed by atoms with van der Waals surface area (Å²) in [5, 5.41) is 12.2. The van der Waals surface area contributed by atoms with Gasteiger partial charge in [-0.05, 0) is 52.3 Å². The minimum absolute atomic E-state index is 0.0151. The lowest BCUT2D eigenvalue weighted by molar-refractivity contribution is -0.119. The lowest BCUT2D eigenvalue weighted by Crippen LogP contribution is -2.31. The van der Waals surface area contributed by atoms with Gasteiger partial charge in [0.05, 0.1) is 34.3 Å². The molecule has 4 heterocycles. The molecule has 34 heavy (non-hydrogen) atoms. The first-order valence-electron chi connectivity index (χ1n) is 11.8. The van der Waals surface area contributed by atoms with Crippen molar-refractivity contribution in [1.29, 1.82) is 0 Å². The maximum Gasteiger partial charge on any atom is 0.222 e. The summed E-state index contributed by atoms with van der Waals surface area (Å²) in [5.74, 6) is 0.0125. The Bertz CT molecular complexity index is 1260. The van der Waals surface area contributed by atoms with Crippen LogP contribution in [-0.4, -0.2) is 49.3 Å². The summed E-state index contributed by atoms with van der Waals surface area (Å²) in [7, 11) is 1.57. The van der Waals surface area contributed by atoms with Gasteiger partial charge in [-0.3, -0.25) is 9.48 Å². The molecule has 2 aromatic heterocycles. The zero-order valence-corrected chi connectivity index (χ0v) is 20.6. The standard InChI is InChI=1S/C25H32FN5O3/c1-14(16-9-21(32)27-11-16)33-19-8-15(7-18-22(19)23(26)30(6)29-18)17-12-28-31(13-17)20-10-24(2,3)34-25(20,4)5/h7-8,12-14,16,20H,9-11H2,1-6H3,(H,27,32)/t14-,16?,20?/m1/s1. The van der Waals surface area contributed by atoms with Crippen LogP contribution in [0.4, 0.5) is 4.39 Å². The lowest BCUT2D eigenvalue weighted by Gasteiger charge is -2.27. The Balaban J connectivity index is 1.51. The fourth-order valence-corrected chi connectivity index (χ4v) is 5.37. The molecule has 1 N–H and O–H groups in total. The quantitative estimate of drug-likeness (QED) is 0.611. The van der Waals surface area contributed by atoms with Crippen LogP contribution in [0.1, 0.15) is 53.5 Å². The third-order valence-corrected chi connectivity index (χ3v) is 7.10. The molecule has 0 bridgehead atoms. The molecule has 1 amide bonds. The number of nitrogens with zero attached hydrogens (tertiary/aromatic N) is 4. The van der Waals surface area contributed by atoms with Crippen molar-refractivity contribution in [3.8, 4) is 16.9 Å². The van der Waals surface area contributed by atoms with Gasteiger partial charge in [-0.1, -0.05) is 0 Å². The third kappa shape index (κ3) is 3.96. The number of aryl methyl sites for hydroxylation is 1. The number of fused-ring (bicyclic) bond motifs is 1. The van der Waals surface area contributed by atoms with Gasteiger partial charge in [-0.15, -0.1) is 0 Å². The van der Waals surface area contributed by atoms with Crippen molar-refractivity contribution >= 4 is 16.8 Å². The van der Waals surface area contributed by atoms with E-state index in [-0.39, 0.29) is 35.2 Å². The minimum atomic E-state index is -0.452. The van der Waals surface area contributed by atoms with Crippen molar-refractivity contribution in [3.05, 3.63) is 30.5 Å². The third-order valence-electron chi connectivity index (χ3n) is 7.10. The Labute approximate surface area is 198 Å². The molecule has 0 spiro atoms. The highest BCUT2D eigenvalue weighted by molar-refractivity contribution is 5.90. The number of benzene rings is 1. The highest BCUT2D eigenvalue weighted by atomic mass is 19.1. The normalized spacial score (nSPS) is 24.5. The van der Waals surface area contributed by atoms with E-state index in [0.717, 1.165) is 17.5 Å². The van der Waals surface area contributed by atoms with E-state index < -0.39 is 5.95 Å². The zero-order chi connectivity index (χ0) is 24.4. The number of rotatable bonds is 5. The monoisotopic (exact) mass is 469 g/mol. The summed E-state index contributed by atoms with van der Waals surface area (Å²) >= 11 is 0. The van der Waals surface area contributed by atoms with Crippen LogP contribution in [0.5, 0.6) is 5.75 Å². The Morgan fingerprint density at radius 2 is 2.03 bits per heavy atom. The smallest absolute Gasteiger partial charge is 0.222 e. The molecule has 2 saturated heterocycles. The molecule has 2 aliphatic rings. The van der Waals surface area contributed by atoms with Crippen molar-refractivity contribution in [3.63, 3.8) is 0 Å². The van der Waals surface area contributed by atoms with Crippen LogP contribution in [-0.2, 0) is 16.6 Å². The van der Waals surface area contributed by atoms with Gasteiger partial charge < -0.3 is 14.8 Å². The van der Waals surface area contributed by atoms with Crippen LogP contribution in [0.3, 0.4) is 0 Å². The summed E-state index contributed by atoms with van der Waals surface area (Å²) in [6.45, 7) is 10.8. The van der Waals surface area contributed by atoms with E-state index in [1.807, 2.05) is 36.1 Å². The van der Waals surface area contributed by atoms with Gasteiger partial charge in [0, 0.05) is 44.1 Å². The zero-order valence-electron chi connectivity index (χ0n) is 20.6. The van der Waals surface area contributed by atoms with Gasteiger partial charge in [0.15, 0.2) is 0 Å². The van der Waals surface area contributed by atoms with Crippen molar-refractivity contribution < 1.29 is 18.7 Å². The van der Waals surface area contributed by atoms with Crippen molar-refractivity contribution in [2.45, 2.75) is 70.8 Å². The van der Waals surface area contributed by atoms with E-state index in [2.05, 4.69) is 43.2 Å². The first kappa shape index (κ1) is 22.8. The predicted octanol–water partition coefficient (Wildman–Crippen LogP) is 4.00. The molecule has 0 radical (unpaired) electrons. The molecule has 0 saturated carbocycles. The van der Waals surface area contributed by atoms with Gasteiger partial charge in [0.25, 0.3) is 0 Å². The van der Waals surface area contributed by atoms with Crippen LogP contribution in [0.25, 0.3) is 22.0 Å². The number of aromatic nitrogens is 4. The van der Waals surface area contributed by atoms with Gasteiger partial charge >= 0.3 is 0 Å². The average Bonchev–Trinajstić information content (AvgIpc) is 3.48. The molecule has 2 fully saturated rings. The Kier molecular flexibility index (Phi) is 5.24. The number of amides is 1. The first-order chi connectivity index (χ1) is 15.9. The molecular weight excluding hydrogens is 437 g/mol. The van der Waals surface area contributed by atoms with E-state index in [9.17, 15) is 9.18 Å². The van der Waals surface area contributed by atoms with Gasteiger partial charge in [-0.2, -0.15) is 14.6 Å². The molecule has 2 aliphatic heterocycles. The topological polar surface area (TPSA) is 83.2 Å². The van der Waals surface area contributed by atoms with Crippen LogP contribution in [0, 0.1) is 11.9 Å². The molecule has 1 aromatic carbocycles. The number of carbonyl (C=O) groups is 1. The molecule has 0 aliphatic carbocycles. The number of ether oxygens (including phenoxy) is 2. The number of hydrogen-bond donors (Lipinski definition) is 1. The maximum atomic E-state index is 14.9. The van der Waals surface area contributed by atoms with E-state index in [4.69, 9.17) is 9.47 Å². The molecule has 182 valence electrons. The van der Waals surface area contributed by atoms with E-state index >= 15 is 0 Å². The first-order valence-corrected chi connectivity index (χ1v) is 11.8. The SMILES string of the molecule is C[C@@H](Oc1cc(-c2cnn(C3CC(C)(C)OC3(C)C)c2)cc2nn(C)c(F)c12)C1CNC(=O)C1. The fourth-order valence-electron chi connectivity index (χ4n) is 5.37. The van der Waals surface area contributed by atoms with Crippen LogP contribution < -0.4 is 10.1 Å². The second kappa shape index (κ2) is 7.80. The van der Waals surface area contributed by atoms with Crippen LogP contribution >= 0.6 is 0 Å². The number of hydrogen-bond acceptors (Lipinski definition) is 5. The van der Waals surface area contributed by atoms with Gasteiger partial charge in [0.2, 0.25) is 11.9 Å². The highest BCUT2D eigenvalue weighted by Gasteiger charge is 2.47. The summed E-state index contributed by atoms with van der Waals surface area (Å²) in [6, 6.07) is 3.79. The average molecular weight is 470 g/mol. The summed E-state index contributed by atoms with van der Waals surface area (Å²) in [4.78, 5) is 11.7. The van der Waals surface area contributed by atoms with E-state index in [1.165, 1.54) is 4.68 Å². The van der Waals surface area contributed by atoms with Gasteiger partial charge in [0.1, 0.15) is 11.9 Å². The molecule has 2 unspecified atom stereocenters. The predicted molar refractivity (Wildman–Crippen MR) is 126 cm³/mol. The molecule has 9 heteroatoms. The van der Waals surface area contributed by atoms with E-state index in [1.54, 1.807) is 7.05 Å². The maximum absolute atomic E-state index is 14.9. The second-order valence-electron chi connectivity index (χ2n) is 10.8. The minimum Gasteiger partial charge on any atom is -0.489 e. The summed E-state index contributed by atoms with van der Waals surface area (Å²) < 4.78 is 30.6. The molecule has 5 rings (SSSR count). The van der Waals surface area contributed by atoms with Crippen LogP contribution in [0.15, 0.2) is 24.5 Å². The second-order valence-corrected chi connectivity index (χ2v) is 10.8. The number of halogens is 1. The number of nitrogens with one attached hydrogen (secondary N) is 1. The summed E-state index contributed by atoms with van der Waals surface area (Å²) in [5.41, 5.74) is 1.67. The van der Waals surface area contributed by atoms with E-state index in [0.29, 0.717) is 29.6 Å². The lowest BCUT2D eigenvalue weighted by atomic mass is 9.94. The Morgan fingerprint density at radius 1 is 1.26 bits per heavy atom. The fraction of sp³-hybridized carbons (Fsp3) is 0.560. The largest absolute Gasteiger partial charge is 0.489 e. The van der Waals surface area contributed by atoms with Crippen molar-refractivity contribution in [1.82, 2.24) is 24.9 Å². The van der Waals surface area contributed by atoms with Gasteiger partial charge in [-0.25, -0.2) is 4.68 Å². The molecule has 3 aromatic rings. The van der Waals surface area contributed by atoms with Crippen molar-refractivity contribution in [2.75, 3.05) is 6.54 Å².